The number of fused-ring (bicyclic) bond motifs is 3. The molecular weight excluding hydrogens is 515 g/mol. The number of rotatable bonds is 7. The molecule has 1 unspecified atom stereocenters. The Kier molecular flexibility index (Phi) is 7.27. The number of amides is 1. The number of hydrogen-bond donors (Lipinski definition) is 2. The van der Waals surface area contributed by atoms with Gasteiger partial charge in [-0.2, -0.15) is 0 Å². The highest BCUT2D eigenvalue weighted by Crippen LogP contribution is 2.37. The van der Waals surface area contributed by atoms with Crippen LogP contribution in [0.1, 0.15) is 41.1 Å². The quantitative estimate of drug-likeness (QED) is 0.176. The molecule has 0 bridgehead atoms. The lowest BCUT2D eigenvalue weighted by Crippen LogP contribution is -2.17. The molecule has 1 amide bonds. The summed E-state index contributed by atoms with van der Waals surface area (Å²) < 4.78 is 5.26. The van der Waals surface area contributed by atoms with Gasteiger partial charge in [0.05, 0.1) is 17.7 Å². The first-order chi connectivity index (χ1) is 17.4. The summed E-state index contributed by atoms with van der Waals surface area (Å²) in [7, 11) is 0. The van der Waals surface area contributed by atoms with Crippen LogP contribution in [-0.4, -0.2) is 34.2 Å². The molecule has 3 aromatic heterocycles. The molecular formula is C26H25N3O4S3. The molecule has 0 radical (unpaired) electrons. The van der Waals surface area contributed by atoms with Crippen molar-refractivity contribution in [2.45, 2.75) is 38.3 Å². The van der Waals surface area contributed by atoms with Crippen LogP contribution in [-0.2, 0) is 22.4 Å². The van der Waals surface area contributed by atoms with E-state index in [4.69, 9.17) is 4.74 Å². The summed E-state index contributed by atoms with van der Waals surface area (Å²) in [5, 5.41) is 6.24. The van der Waals surface area contributed by atoms with Gasteiger partial charge >= 0.3 is 5.97 Å². The Labute approximate surface area is 220 Å². The van der Waals surface area contributed by atoms with Gasteiger partial charge in [0, 0.05) is 15.8 Å². The smallest absolute Gasteiger partial charge is 0.341 e. The number of thioether (sulfide) groups is 1. The summed E-state index contributed by atoms with van der Waals surface area (Å²) in [6, 6.07) is 9.51. The Morgan fingerprint density at radius 1 is 1.28 bits per heavy atom. The van der Waals surface area contributed by atoms with Gasteiger partial charge in [0.15, 0.2) is 5.16 Å². The van der Waals surface area contributed by atoms with E-state index in [9.17, 15) is 14.4 Å². The van der Waals surface area contributed by atoms with Crippen LogP contribution in [0.25, 0.3) is 21.3 Å². The number of aromatic amines is 1. The zero-order valence-corrected chi connectivity index (χ0v) is 22.3. The molecule has 1 atom stereocenters. The topological polar surface area (TPSA) is 101 Å². The number of esters is 1. The van der Waals surface area contributed by atoms with E-state index in [2.05, 4.69) is 22.2 Å². The highest BCUT2D eigenvalue weighted by atomic mass is 32.2. The van der Waals surface area contributed by atoms with Gasteiger partial charge in [0.1, 0.15) is 15.4 Å². The SMILES string of the molecule is CCOC(=O)c1c(-c2ccccc2)csc1NC(=O)CSc1nc2sc3c(c2c(=O)[nH]1)CCC(C)C3. The molecule has 186 valence electrons. The van der Waals surface area contributed by atoms with Crippen molar-refractivity contribution >= 4 is 61.5 Å². The molecule has 5 rings (SSSR count). The normalized spacial score (nSPS) is 15.0. The van der Waals surface area contributed by atoms with E-state index in [1.165, 1.54) is 28.0 Å². The number of aryl methyl sites for hydroxylation is 1. The third kappa shape index (κ3) is 4.98. The van der Waals surface area contributed by atoms with E-state index in [1.54, 1.807) is 18.3 Å². The van der Waals surface area contributed by atoms with Crippen molar-refractivity contribution < 1.29 is 14.3 Å². The minimum atomic E-state index is -0.479. The predicted molar refractivity (Wildman–Crippen MR) is 146 cm³/mol. The second-order valence-electron chi connectivity index (χ2n) is 8.68. The average Bonchev–Trinajstić information content (AvgIpc) is 3.44. The monoisotopic (exact) mass is 539 g/mol. The van der Waals surface area contributed by atoms with Crippen molar-refractivity contribution in [2.75, 3.05) is 17.7 Å². The van der Waals surface area contributed by atoms with E-state index in [-0.39, 0.29) is 23.8 Å². The highest BCUT2D eigenvalue weighted by Gasteiger charge is 2.24. The van der Waals surface area contributed by atoms with Gasteiger partial charge < -0.3 is 15.0 Å². The van der Waals surface area contributed by atoms with E-state index >= 15 is 0 Å². The second-order valence-corrected chi connectivity index (χ2v) is 11.6. The van der Waals surface area contributed by atoms with Gasteiger partial charge in [-0.15, -0.1) is 22.7 Å². The Morgan fingerprint density at radius 3 is 2.86 bits per heavy atom. The summed E-state index contributed by atoms with van der Waals surface area (Å²) in [6.07, 6.45) is 2.97. The van der Waals surface area contributed by atoms with Crippen LogP contribution in [0.5, 0.6) is 0 Å². The first-order valence-electron chi connectivity index (χ1n) is 11.8. The molecule has 3 heterocycles. The van der Waals surface area contributed by atoms with Crippen LogP contribution in [0, 0.1) is 5.92 Å². The van der Waals surface area contributed by atoms with E-state index in [1.807, 2.05) is 35.7 Å². The largest absolute Gasteiger partial charge is 0.462 e. The number of carbonyl (C=O) groups is 2. The Balaban J connectivity index is 1.33. The molecule has 1 aliphatic rings. The molecule has 0 spiro atoms. The van der Waals surface area contributed by atoms with Crippen LogP contribution >= 0.6 is 34.4 Å². The number of ether oxygens (including phenoxy) is 1. The van der Waals surface area contributed by atoms with Crippen LogP contribution in [0.15, 0.2) is 45.7 Å². The minimum Gasteiger partial charge on any atom is -0.462 e. The van der Waals surface area contributed by atoms with Crippen molar-refractivity contribution in [1.29, 1.82) is 0 Å². The van der Waals surface area contributed by atoms with E-state index in [0.717, 1.165) is 40.8 Å². The Bertz CT molecular complexity index is 1490. The van der Waals surface area contributed by atoms with Crippen LogP contribution < -0.4 is 10.9 Å². The number of nitrogens with zero attached hydrogens (tertiary/aromatic N) is 1. The third-order valence-corrected chi connectivity index (χ3v) is 9.01. The molecule has 36 heavy (non-hydrogen) atoms. The maximum absolute atomic E-state index is 12.8. The summed E-state index contributed by atoms with van der Waals surface area (Å²) in [4.78, 5) is 47.8. The average molecular weight is 540 g/mol. The first kappa shape index (κ1) is 24.7. The number of thiophene rings is 2. The van der Waals surface area contributed by atoms with Gasteiger partial charge in [-0.05, 0) is 43.2 Å². The number of aromatic nitrogens is 2. The molecule has 7 nitrogen and oxygen atoms in total. The molecule has 0 saturated heterocycles. The summed E-state index contributed by atoms with van der Waals surface area (Å²) >= 11 is 4.03. The van der Waals surface area contributed by atoms with Crippen LogP contribution in [0.3, 0.4) is 0 Å². The Morgan fingerprint density at radius 2 is 2.08 bits per heavy atom. The predicted octanol–water partition coefficient (Wildman–Crippen LogP) is 5.75. The van der Waals surface area contributed by atoms with Gasteiger partial charge in [-0.25, -0.2) is 9.78 Å². The number of carbonyl (C=O) groups excluding carboxylic acids is 2. The van der Waals surface area contributed by atoms with Gasteiger partial charge in [-0.3, -0.25) is 9.59 Å². The van der Waals surface area contributed by atoms with Crippen LogP contribution in [0.4, 0.5) is 5.00 Å². The molecule has 10 heteroatoms. The van der Waals surface area contributed by atoms with Crippen molar-refractivity contribution in [3.8, 4) is 11.1 Å². The fourth-order valence-electron chi connectivity index (χ4n) is 4.38. The molecule has 1 aromatic carbocycles. The first-order valence-corrected chi connectivity index (χ1v) is 14.4. The van der Waals surface area contributed by atoms with Crippen molar-refractivity contribution in [3.05, 3.63) is 62.1 Å². The molecule has 1 aliphatic carbocycles. The second kappa shape index (κ2) is 10.6. The number of hydrogen-bond acceptors (Lipinski definition) is 8. The highest BCUT2D eigenvalue weighted by molar-refractivity contribution is 7.99. The molecule has 4 aromatic rings. The van der Waals surface area contributed by atoms with Crippen molar-refractivity contribution in [1.82, 2.24) is 9.97 Å². The fourth-order valence-corrected chi connectivity index (χ4v) is 7.46. The standard InChI is InChI=1S/C26H25N3O4S3/c1-3-33-25(32)21-17(15-7-5-4-6-8-15)12-34-23(21)27-19(30)13-35-26-28-22(31)20-16-10-9-14(2)11-18(16)36-24(20)29-26/h4-8,12,14H,3,9-11,13H2,1-2H3,(H,27,30)(H,28,29,31). The van der Waals surface area contributed by atoms with Crippen molar-refractivity contribution in [2.24, 2.45) is 5.92 Å². The number of H-pyrrole nitrogens is 1. The Hall–Kier alpha value is -2.95. The summed E-state index contributed by atoms with van der Waals surface area (Å²) in [5.41, 5.74) is 2.92. The van der Waals surface area contributed by atoms with Crippen LogP contribution in [0.2, 0.25) is 0 Å². The molecule has 0 saturated carbocycles. The molecule has 0 fully saturated rings. The number of anilines is 1. The van der Waals surface area contributed by atoms with E-state index in [0.29, 0.717) is 27.0 Å². The number of nitrogens with one attached hydrogen (secondary N) is 2. The van der Waals surface area contributed by atoms with Gasteiger partial charge in [-0.1, -0.05) is 49.0 Å². The minimum absolute atomic E-state index is 0.0391. The summed E-state index contributed by atoms with van der Waals surface area (Å²) in [6.45, 7) is 4.21. The maximum Gasteiger partial charge on any atom is 0.341 e. The maximum atomic E-state index is 12.8. The summed E-state index contributed by atoms with van der Waals surface area (Å²) in [5.74, 6) is -0.124. The lowest BCUT2D eigenvalue weighted by Gasteiger charge is -2.17. The lowest BCUT2D eigenvalue weighted by atomic mass is 9.89. The third-order valence-electron chi connectivity index (χ3n) is 6.09. The number of benzene rings is 1. The molecule has 0 aliphatic heterocycles. The zero-order chi connectivity index (χ0) is 25.2. The van der Waals surface area contributed by atoms with Gasteiger partial charge in [0.2, 0.25) is 5.91 Å². The fraction of sp³-hybridized carbons (Fsp3) is 0.308. The van der Waals surface area contributed by atoms with Gasteiger partial charge in [0.25, 0.3) is 5.56 Å². The zero-order valence-electron chi connectivity index (χ0n) is 19.9. The lowest BCUT2D eigenvalue weighted by molar-refractivity contribution is -0.113. The van der Waals surface area contributed by atoms with E-state index < -0.39 is 5.97 Å². The van der Waals surface area contributed by atoms with Crippen molar-refractivity contribution in [3.63, 3.8) is 0 Å². The molecule has 2 N–H and O–H groups in total.